The van der Waals surface area contributed by atoms with E-state index in [0.717, 1.165) is 26.6 Å². The summed E-state index contributed by atoms with van der Waals surface area (Å²) < 4.78 is 5.42. The van der Waals surface area contributed by atoms with Crippen LogP contribution >= 0.6 is 22.9 Å². The first-order valence-corrected chi connectivity index (χ1v) is 9.33. The molecule has 1 atom stereocenters. The summed E-state index contributed by atoms with van der Waals surface area (Å²) in [5, 5.41) is 6.28. The van der Waals surface area contributed by atoms with Gasteiger partial charge in [0.2, 0.25) is 0 Å². The van der Waals surface area contributed by atoms with E-state index in [1.54, 1.807) is 18.5 Å². The summed E-state index contributed by atoms with van der Waals surface area (Å²) in [7, 11) is 0. The average Bonchev–Trinajstić information content (AvgIpc) is 3.32. The maximum absolute atomic E-state index is 12.5. The number of rotatable bonds is 4. The summed E-state index contributed by atoms with van der Waals surface area (Å²) in [6.07, 6.45) is 4.55. The molecular weight excluding hydrogens is 384 g/mol. The van der Waals surface area contributed by atoms with Gasteiger partial charge in [-0.3, -0.25) is 9.78 Å². The number of aromatic nitrogens is 1. The van der Waals surface area contributed by atoms with Crippen molar-refractivity contribution in [3.05, 3.63) is 71.5 Å². The number of aryl methyl sites for hydroxylation is 1. The molecule has 1 aromatic carbocycles. The van der Waals surface area contributed by atoms with Crippen molar-refractivity contribution in [3.8, 4) is 10.4 Å². The Kier molecular flexibility index (Phi) is 4.55. The minimum absolute atomic E-state index is 0.167. The monoisotopic (exact) mass is 398 g/mol. The van der Waals surface area contributed by atoms with Gasteiger partial charge in [0.25, 0.3) is 5.91 Å². The first-order chi connectivity index (χ1) is 13.1. The molecule has 3 aromatic rings. The average molecular weight is 399 g/mol. The SMILES string of the molecule is Cc1cnccc1C(=O)Nc1ccc(-c2ccccc2C2(Cl)NN=CO2)s1. The van der Waals surface area contributed by atoms with Gasteiger partial charge in [0, 0.05) is 34.0 Å². The van der Waals surface area contributed by atoms with Gasteiger partial charge in [0.1, 0.15) is 0 Å². The van der Waals surface area contributed by atoms with Crippen LogP contribution in [0.2, 0.25) is 0 Å². The second-order valence-electron chi connectivity index (χ2n) is 5.91. The molecule has 8 heteroatoms. The zero-order chi connectivity index (χ0) is 18.9. The maximum atomic E-state index is 12.5. The standard InChI is InChI=1S/C19H15ClN4O2S/c1-12-10-21-9-8-13(12)18(25)23-17-7-6-16(27-17)14-4-2-3-5-15(14)19(20)24-22-11-26-19/h2-11,24H,1H3,(H,23,25). The van der Waals surface area contributed by atoms with E-state index in [1.165, 1.54) is 17.7 Å². The number of anilines is 1. The molecule has 6 nitrogen and oxygen atoms in total. The molecule has 0 radical (unpaired) electrons. The molecule has 0 fully saturated rings. The number of halogens is 1. The van der Waals surface area contributed by atoms with Crippen LogP contribution in [0.5, 0.6) is 0 Å². The number of nitrogens with zero attached hydrogens (tertiary/aromatic N) is 2. The number of benzene rings is 1. The molecular formula is C19H15ClN4O2S. The van der Waals surface area contributed by atoms with Crippen molar-refractivity contribution in [2.45, 2.75) is 12.1 Å². The van der Waals surface area contributed by atoms with Gasteiger partial charge in [-0.25, -0.2) is 5.43 Å². The quantitative estimate of drug-likeness (QED) is 0.508. The smallest absolute Gasteiger partial charge is 0.302 e. The predicted octanol–water partition coefficient (Wildman–Crippen LogP) is 4.28. The van der Waals surface area contributed by atoms with Crippen molar-refractivity contribution >= 4 is 40.2 Å². The molecule has 3 heterocycles. The number of pyridine rings is 1. The highest BCUT2D eigenvalue weighted by atomic mass is 35.5. The van der Waals surface area contributed by atoms with E-state index in [9.17, 15) is 4.79 Å². The van der Waals surface area contributed by atoms with Gasteiger partial charge in [-0.05, 0) is 42.3 Å². The third-order valence-corrected chi connectivity index (χ3v) is 5.53. The lowest BCUT2D eigenvalue weighted by molar-refractivity contribution is 0.102. The summed E-state index contributed by atoms with van der Waals surface area (Å²) in [5.41, 5.74) is 5.83. The highest BCUT2D eigenvalue weighted by Crippen LogP contribution is 2.40. The zero-order valence-electron chi connectivity index (χ0n) is 14.3. The largest absolute Gasteiger partial charge is 0.436 e. The summed E-state index contributed by atoms with van der Waals surface area (Å²) in [6, 6.07) is 13.1. The van der Waals surface area contributed by atoms with E-state index >= 15 is 0 Å². The van der Waals surface area contributed by atoms with Gasteiger partial charge in [-0.1, -0.05) is 24.3 Å². The van der Waals surface area contributed by atoms with Crippen molar-refractivity contribution in [3.63, 3.8) is 0 Å². The minimum atomic E-state index is -1.24. The van der Waals surface area contributed by atoms with Crippen LogP contribution in [0.4, 0.5) is 5.00 Å². The molecule has 0 saturated carbocycles. The fourth-order valence-corrected chi connectivity index (χ4v) is 3.99. The van der Waals surface area contributed by atoms with Gasteiger partial charge in [-0.2, -0.15) is 0 Å². The molecule has 1 unspecified atom stereocenters. The fraction of sp³-hybridized carbons (Fsp3) is 0.105. The molecule has 1 aliphatic rings. The Hall–Kier alpha value is -2.90. The van der Waals surface area contributed by atoms with Crippen molar-refractivity contribution in [1.82, 2.24) is 10.4 Å². The minimum Gasteiger partial charge on any atom is -0.436 e. The van der Waals surface area contributed by atoms with Crippen LogP contribution in [-0.4, -0.2) is 17.3 Å². The molecule has 0 aliphatic carbocycles. The molecule has 136 valence electrons. The van der Waals surface area contributed by atoms with Crippen molar-refractivity contribution < 1.29 is 9.53 Å². The molecule has 1 aliphatic heterocycles. The number of carbonyl (C=O) groups excluding carboxylic acids is 1. The molecule has 4 rings (SSSR count). The van der Waals surface area contributed by atoms with Gasteiger partial charge in [0.05, 0.1) is 5.00 Å². The zero-order valence-corrected chi connectivity index (χ0v) is 15.8. The summed E-state index contributed by atoms with van der Waals surface area (Å²) in [6.45, 7) is 1.86. The molecule has 0 bridgehead atoms. The van der Waals surface area contributed by atoms with Crippen LogP contribution in [0.15, 0.2) is 60.0 Å². The lowest BCUT2D eigenvalue weighted by atomic mass is 10.0. The Morgan fingerprint density at radius 2 is 2.11 bits per heavy atom. The Morgan fingerprint density at radius 1 is 1.26 bits per heavy atom. The summed E-state index contributed by atoms with van der Waals surface area (Å²) in [4.78, 5) is 17.5. The van der Waals surface area contributed by atoms with E-state index in [-0.39, 0.29) is 5.91 Å². The number of thiophene rings is 1. The number of alkyl halides is 1. The summed E-state index contributed by atoms with van der Waals surface area (Å²) >= 11 is 7.97. The lowest BCUT2D eigenvalue weighted by Gasteiger charge is -2.22. The highest BCUT2D eigenvalue weighted by molar-refractivity contribution is 7.19. The van der Waals surface area contributed by atoms with Gasteiger partial charge in [0.15, 0.2) is 6.40 Å². The number of hydrogen-bond donors (Lipinski definition) is 2. The normalized spacial score (nSPS) is 18.0. The van der Waals surface area contributed by atoms with E-state index in [1.807, 2.05) is 43.3 Å². The second-order valence-corrected chi connectivity index (χ2v) is 7.53. The molecule has 27 heavy (non-hydrogen) atoms. The number of ether oxygens (including phenoxy) is 1. The van der Waals surface area contributed by atoms with Crippen molar-refractivity contribution in [2.24, 2.45) is 5.10 Å². The first kappa shape index (κ1) is 17.5. The van der Waals surface area contributed by atoms with Crippen LogP contribution < -0.4 is 10.7 Å². The van der Waals surface area contributed by atoms with Gasteiger partial charge < -0.3 is 10.1 Å². The third kappa shape index (κ3) is 3.39. The van der Waals surface area contributed by atoms with Crippen LogP contribution in [0.25, 0.3) is 10.4 Å². The second kappa shape index (κ2) is 7.02. The number of nitrogens with one attached hydrogen (secondary N) is 2. The van der Waals surface area contributed by atoms with Gasteiger partial charge in [-0.15, -0.1) is 16.4 Å². The first-order valence-electron chi connectivity index (χ1n) is 8.14. The van der Waals surface area contributed by atoms with Crippen molar-refractivity contribution in [1.29, 1.82) is 0 Å². The maximum Gasteiger partial charge on any atom is 0.302 e. The number of amides is 1. The number of hydrazone groups is 1. The van der Waals surface area contributed by atoms with E-state index in [2.05, 4.69) is 20.8 Å². The summed E-state index contributed by atoms with van der Waals surface area (Å²) in [5.74, 6) is -0.167. The Balaban J connectivity index is 1.61. The van der Waals surface area contributed by atoms with Crippen LogP contribution in [0, 0.1) is 6.92 Å². The third-order valence-electron chi connectivity index (χ3n) is 4.12. The predicted molar refractivity (Wildman–Crippen MR) is 107 cm³/mol. The van der Waals surface area contributed by atoms with Crippen molar-refractivity contribution in [2.75, 3.05) is 5.32 Å². The number of hydrogen-bond acceptors (Lipinski definition) is 6. The molecule has 1 amide bonds. The van der Waals surface area contributed by atoms with E-state index in [0.29, 0.717) is 5.56 Å². The number of carbonyl (C=O) groups is 1. The topological polar surface area (TPSA) is 75.6 Å². The lowest BCUT2D eigenvalue weighted by Crippen LogP contribution is -2.31. The van der Waals surface area contributed by atoms with Gasteiger partial charge >= 0.3 is 5.18 Å². The Bertz CT molecular complexity index is 1030. The Labute approximate surface area is 164 Å². The molecule has 2 aromatic heterocycles. The molecule has 0 spiro atoms. The Morgan fingerprint density at radius 3 is 2.89 bits per heavy atom. The highest BCUT2D eigenvalue weighted by Gasteiger charge is 2.36. The van der Waals surface area contributed by atoms with Crippen LogP contribution in [-0.2, 0) is 9.92 Å². The van der Waals surface area contributed by atoms with E-state index < -0.39 is 5.18 Å². The van der Waals surface area contributed by atoms with E-state index in [4.69, 9.17) is 16.3 Å². The fourth-order valence-electron chi connectivity index (χ4n) is 2.79. The molecule has 0 saturated heterocycles. The van der Waals surface area contributed by atoms with Crippen LogP contribution in [0.3, 0.4) is 0 Å². The molecule has 2 N–H and O–H groups in total. The van der Waals surface area contributed by atoms with Crippen LogP contribution in [0.1, 0.15) is 21.5 Å².